The van der Waals surface area contributed by atoms with Crippen molar-refractivity contribution in [3.63, 3.8) is 0 Å². The molecule has 0 aromatic rings. The summed E-state index contributed by atoms with van der Waals surface area (Å²) < 4.78 is 0. The molecule has 0 heterocycles. The van der Waals surface area contributed by atoms with Crippen molar-refractivity contribution in [1.29, 1.82) is 0 Å². The second-order valence-electron chi connectivity index (χ2n) is 6.40. The molecule has 4 aliphatic carbocycles. The SMILES string of the molecule is O=C(O)CNC(=O)NC12CC3CC(CC(C3)C1)C2. The Morgan fingerprint density at radius 1 is 1.06 bits per heavy atom. The fraction of sp³-hybridized carbons (Fsp3) is 0.846. The topological polar surface area (TPSA) is 78.4 Å². The highest BCUT2D eigenvalue weighted by molar-refractivity contribution is 5.80. The summed E-state index contributed by atoms with van der Waals surface area (Å²) in [5.74, 6) is 1.32. The highest BCUT2D eigenvalue weighted by Crippen LogP contribution is 2.55. The summed E-state index contributed by atoms with van der Waals surface area (Å²) in [6.07, 6.45) is 7.24. The van der Waals surface area contributed by atoms with Gasteiger partial charge in [0.2, 0.25) is 0 Å². The molecule has 3 N–H and O–H groups in total. The van der Waals surface area contributed by atoms with Crippen LogP contribution in [0.5, 0.6) is 0 Å². The fourth-order valence-electron chi connectivity index (χ4n) is 4.70. The summed E-state index contributed by atoms with van der Waals surface area (Å²) >= 11 is 0. The van der Waals surface area contributed by atoms with E-state index < -0.39 is 5.97 Å². The van der Waals surface area contributed by atoms with Gasteiger partial charge in [-0.1, -0.05) is 0 Å². The molecule has 100 valence electrons. The van der Waals surface area contributed by atoms with Gasteiger partial charge in [0.05, 0.1) is 0 Å². The molecule has 4 fully saturated rings. The molecule has 0 unspecified atom stereocenters. The van der Waals surface area contributed by atoms with E-state index in [0.29, 0.717) is 0 Å². The van der Waals surface area contributed by atoms with E-state index in [9.17, 15) is 9.59 Å². The van der Waals surface area contributed by atoms with Crippen molar-refractivity contribution in [1.82, 2.24) is 10.6 Å². The first kappa shape index (κ1) is 11.8. The fourth-order valence-corrected chi connectivity index (χ4v) is 4.70. The van der Waals surface area contributed by atoms with Crippen LogP contribution in [-0.4, -0.2) is 29.2 Å². The highest BCUT2D eigenvalue weighted by atomic mass is 16.4. The average Bonchev–Trinajstić information content (AvgIpc) is 2.23. The number of hydrogen-bond donors (Lipinski definition) is 3. The predicted molar refractivity (Wildman–Crippen MR) is 65.1 cm³/mol. The van der Waals surface area contributed by atoms with Crippen LogP contribution in [0.3, 0.4) is 0 Å². The van der Waals surface area contributed by atoms with E-state index in [1.807, 2.05) is 0 Å². The maximum atomic E-state index is 11.7. The van der Waals surface area contributed by atoms with Gasteiger partial charge in [0.15, 0.2) is 0 Å². The zero-order valence-corrected chi connectivity index (χ0v) is 10.4. The van der Waals surface area contributed by atoms with E-state index >= 15 is 0 Å². The number of nitrogens with one attached hydrogen (secondary N) is 2. The van der Waals surface area contributed by atoms with Crippen LogP contribution in [-0.2, 0) is 4.79 Å². The van der Waals surface area contributed by atoms with Crippen LogP contribution in [0.1, 0.15) is 38.5 Å². The lowest BCUT2D eigenvalue weighted by Gasteiger charge is -2.56. The second kappa shape index (κ2) is 4.14. The highest BCUT2D eigenvalue weighted by Gasteiger charge is 2.51. The first-order chi connectivity index (χ1) is 8.55. The number of carbonyl (C=O) groups is 2. The Morgan fingerprint density at radius 2 is 1.56 bits per heavy atom. The third-order valence-electron chi connectivity index (χ3n) is 4.82. The largest absolute Gasteiger partial charge is 0.480 e. The van der Waals surface area contributed by atoms with E-state index in [1.165, 1.54) is 19.3 Å². The van der Waals surface area contributed by atoms with Gasteiger partial charge in [0.25, 0.3) is 0 Å². The molecule has 0 radical (unpaired) electrons. The maximum absolute atomic E-state index is 11.7. The van der Waals surface area contributed by atoms with Crippen LogP contribution in [0.15, 0.2) is 0 Å². The molecule has 4 rings (SSSR count). The zero-order chi connectivity index (χ0) is 12.8. The third-order valence-corrected chi connectivity index (χ3v) is 4.82. The standard InChI is InChI=1S/C13H20N2O3/c16-11(17)7-14-12(18)15-13-4-8-1-9(5-13)3-10(2-8)6-13/h8-10H,1-7H2,(H,16,17)(H2,14,15,18). The van der Waals surface area contributed by atoms with Gasteiger partial charge in [0, 0.05) is 5.54 Å². The first-order valence-corrected chi connectivity index (χ1v) is 6.82. The van der Waals surface area contributed by atoms with Crippen molar-refractivity contribution in [2.24, 2.45) is 17.8 Å². The number of amides is 2. The molecule has 0 atom stereocenters. The molecule has 2 amide bonds. The van der Waals surface area contributed by atoms with Gasteiger partial charge in [-0.05, 0) is 56.3 Å². The zero-order valence-electron chi connectivity index (χ0n) is 10.4. The molecular formula is C13H20N2O3. The molecule has 0 aliphatic heterocycles. The van der Waals surface area contributed by atoms with Gasteiger partial charge < -0.3 is 15.7 Å². The van der Waals surface area contributed by atoms with Gasteiger partial charge in [-0.3, -0.25) is 4.79 Å². The van der Waals surface area contributed by atoms with Crippen LogP contribution in [0.4, 0.5) is 4.79 Å². The molecule has 4 saturated carbocycles. The Labute approximate surface area is 106 Å². The van der Waals surface area contributed by atoms with Crippen molar-refractivity contribution < 1.29 is 14.7 Å². The van der Waals surface area contributed by atoms with E-state index in [0.717, 1.165) is 37.0 Å². The smallest absolute Gasteiger partial charge is 0.323 e. The summed E-state index contributed by atoms with van der Waals surface area (Å²) in [5, 5.41) is 14.0. The summed E-state index contributed by atoms with van der Waals surface area (Å²) in [5.41, 5.74) is -0.0443. The van der Waals surface area contributed by atoms with Crippen molar-refractivity contribution in [2.75, 3.05) is 6.54 Å². The van der Waals surface area contributed by atoms with Gasteiger partial charge in [-0.15, -0.1) is 0 Å². The minimum Gasteiger partial charge on any atom is -0.480 e. The Hall–Kier alpha value is -1.26. The van der Waals surface area contributed by atoms with Crippen LogP contribution in [0.2, 0.25) is 0 Å². The molecule has 0 saturated heterocycles. The molecule has 5 nitrogen and oxygen atoms in total. The summed E-state index contributed by atoms with van der Waals surface area (Å²) in [6.45, 7) is -0.307. The number of aliphatic carboxylic acids is 1. The second-order valence-corrected chi connectivity index (χ2v) is 6.40. The van der Waals surface area contributed by atoms with Crippen LogP contribution >= 0.6 is 0 Å². The van der Waals surface area contributed by atoms with Crippen LogP contribution in [0.25, 0.3) is 0 Å². The quantitative estimate of drug-likeness (QED) is 0.709. The van der Waals surface area contributed by atoms with Crippen molar-refractivity contribution in [3.8, 4) is 0 Å². The molecule has 4 aliphatic rings. The number of carbonyl (C=O) groups excluding carboxylic acids is 1. The van der Waals surface area contributed by atoms with Gasteiger partial charge in [-0.2, -0.15) is 0 Å². The lowest BCUT2D eigenvalue weighted by Crippen LogP contribution is -2.61. The minimum atomic E-state index is -1.00. The molecule has 0 spiro atoms. The predicted octanol–water partition coefficient (Wildman–Crippen LogP) is 1.34. The summed E-state index contributed by atoms with van der Waals surface area (Å²) in [4.78, 5) is 22.2. The lowest BCUT2D eigenvalue weighted by atomic mass is 9.53. The monoisotopic (exact) mass is 252 g/mol. The number of urea groups is 1. The molecule has 4 bridgehead atoms. The van der Waals surface area contributed by atoms with E-state index in [-0.39, 0.29) is 18.1 Å². The maximum Gasteiger partial charge on any atom is 0.323 e. The summed E-state index contributed by atoms with van der Waals surface area (Å²) in [6, 6.07) is -0.320. The Morgan fingerprint density at radius 3 is 2.00 bits per heavy atom. The van der Waals surface area contributed by atoms with Gasteiger partial charge in [-0.25, -0.2) is 4.79 Å². The van der Waals surface area contributed by atoms with Crippen LogP contribution in [0, 0.1) is 17.8 Å². The molecule has 0 aromatic heterocycles. The van der Waals surface area contributed by atoms with Gasteiger partial charge >= 0.3 is 12.0 Å². The Balaban J connectivity index is 1.61. The lowest BCUT2D eigenvalue weighted by molar-refractivity contribution is -0.135. The van der Waals surface area contributed by atoms with Crippen molar-refractivity contribution >= 4 is 12.0 Å². The van der Waals surface area contributed by atoms with Crippen molar-refractivity contribution in [3.05, 3.63) is 0 Å². The third kappa shape index (κ3) is 2.18. The van der Waals surface area contributed by atoms with E-state index in [2.05, 4.69) is 10.6 Å². The Kier molecular flexibility index (Phi) is 2.72. The minimum absolute atomic E-state index is 0.0443. The molecule has 0 aromatic carbocycles. The molecular weight excluding hydrogens is 232 g/mol. The normalized spacial score (nSPS) is 40.6. The number of hydrogen-bond acceptors (Lipinski definition) is 2. The van der Waals surface area contributed by atoms with Crippen LogP contribution < -0.4 is 10.6 Å². The first-order valence-electron chi connectivity index (χ1n) is 6.82. The summed E-state index contributed by atoms with van der Waals surface area (Å²) in [7, 11) is 0. The van der Waals surface area contributed by atoms with E-state index in [1.54, 1.807) is 0 Å². The van der Waals surface area contributed by atoms with Gasteiger partial charge in [0.1, 0.15) is 6.54 Å². The van der Waals surface area contributed by atoms with Crippen molar-refractivity contribution in [2.45, 2.75) is 44.1 Å². The molecule has 18 heavy (non-hydrogen) atoms. The van der Waals surface area contributed by atoms with E-state index in [4.69, 9.17) is 5.11 Å². The number of rotatable bonds is 3. The molecule has 5 heteroatoms. The number of carboxylic acid groups (broad SMARTS) is 1. The Bertz CT molecular complexity index is 345. The number of carboxylic acids is 1. The average molecular weight is 252 g/mol.